The summed E-state index contributed by atoms with van der Waals surface area (Å²) < 4.78 is 0. The van der Waals surface area contributed by atoms with Gasteiger partial charge in [0.15, 0.2) is 0 Å². The van der Waals surface area contributed by atoms with E-state index in [9.17, 15) is 4.79 Å². The van der Waals surface area contributed by atoms with Gasteiger partial charge in [-0.3, -0.25) is 9.78 Å². The van der Waals surface area contributed by atoms with Crippen molar-refractivity contribution in [1.29, 1.82) is 0 Å². The normalized spacial score (nSPS) is 10.1. The van der Waals surface area contributed by atoms with Gasteiger partial charge in [0.1, 0.15) is 0 Å². The van der Waals surface area contributed by atoms with E-state index in [2.05, 4.69) is 10.3 Å². The summed E-state index contributed by atoms with van der Waals surface area (Å²) in [5.41, 5.74) is 8.71. The number of hydrogen-bond donors (Lipinski definition) is 2. The highest BCUT2D eigenvalue weighted by Gasteiger charge is 2.06. The van der Waals surface area contributed by atoms with Gasteiger partial charge in [-0.2, -0.15) is 0 Å². The van der Waals surface area contributed by atoms with Crippen molar-refractivity contribution >= 4 is 17.3 Å². The number of pyridine rings is 1. The van der Waals surface area contributed by atoms with Crippen LogP contribution in [0.5, 0.6) is 0 Å². The molecule has 0 fully saturated rings. The maximum absolute atomic E-state index is 11.8. The first-order valence-corrected chi connectivity index (χ1v) is 5.71. The van der Waals surface area contributed by atoms with E-state index in [4.69, 9.17) is 5.73 Å². The molecule has 0 bridgehead atoms. The van der Waals surface area contributed by atoms with Crippen LogP contribution in [0.25, 0.3) is 0 Å². The summed E-state index contributed by atoms with van der Waals surface area (Å²) >= 11 is 0. The molecule has 2 rings (SSSR count). The van der Waals surface area contributed by atoms with Crippen LogP contribution in [0, 0.1) is 6.92 Å². The average molecular weight is 241 g/mol. The van der Waals surface area contributed by atoms with Crippen LogP contribution < -0.4 is 11.1 Å². The van der Waals surface area contributed by atoms with Crippen molar-refractivity contribution in [1.82, 2.24) is 4.98 Å². The van der Waals surface area contributed by atoms with Crippen LogP contribution in [-0.2, 0) is 11.2 Å². The van der Waals surface area contributed by atoms with Crippen molar-refractivity contribution in [2.24, 2.45) is 0 Å². The molecular weight excluding hydrogens is 226 g/mol. The Balaban J connectivity index is 2.01. The molecule has 0 aliphatic heterocycles. The molecule has 0 unspecified atom stereocenters. The zero-order chi connectivity index (χ0) is 13.0. The fourth-order valence-corrected chi connectivity index (χ4v) is 1.61. The van der Waals surface area contributed by atoms with Gasteiger partial charge in [-0.15, -0.1) is 0 Å². The maximum Gasteiger partial charge on any atom is 0.230 e. The molecule has 18 heavy (non-hydrogen) atoms. The minimum absolute atomic E-state index is 0.0819. The minimum Gasteiger partial charge on any atom is -0.397 e. The molecule has 0 radical (unpaired) electrons. The van der Waals surface area contributed by atoms with Crippen LogP contribution >= 0.6 is 0 Å². The van der Waals surface area contributed by atoms with E-state index in [-0.39, 0.29) is 12.3 Å². The highest BCUT2D eigenvalue weighted by molar-refractivity contribution is 5.92. The smallest absolute Gasteiger partial charge is 0.230 e. The van der Waals surface area contributed by atoms with E-state index in [1.165, 1.54) is 0 Å². The summed E-state index contributed by atoms with van der Waals surface area (Å²) in [5, 5.41) is 2.86. The van der Waals surface area contributed by atoms with Crippen molar-refractivity contribution in [3.8, 4) is 0 Å². The third kappa shape index (κ3) is 3.07. The van der Waals surface area contributed by atoms with Gasteiger partial charge in [0.05, 0.1) is 18.3 Å². The molecule has 2 aromatic rings. The van der Waals surface area contributed by atoms with Gasteiger partial charge >= 0.3 is 0 Å². The molecule has 1 heterocycles. The molecule has 3 N–H and O–H groups in total. The first kappa shape index (κ1) is 12.1. The standard InChI is InChI=1S/C14H15N3O/c1-10-4-2-3-5-13(10)17-14(18)8-12-7-6-11(15)9-16-12/h2-7,9H,8,15H2,1H3,(H,17,18). The number of rotatable bonds is 3. The van der Waals surface area contributed by atoms with Crippen LogP contribution in [0.1, 0.15) is 11.3 Å². The van der Waals surface area contributed by atoms with Crippen LogP contribution in [0.3, 0.4) is 0 Å². The van der Waals surface area contributed by atoms with E-state index in [0.29, 0.717) is 11.4 Å². The quantitative estimate of drug-likeness (QED) is 0.865. The number of nitrogens with two attached hydrogens (primary N) is 1. The molecular formula is C14H15N3O. The van der Waals surface area contributed by atoms with Crippen molar-refractivity contribution < 1.29 is 4.79 Å². The average Bonchev–Trinajstić information content (AvgIpc) is 2.35. The number of aromatic nitrogens is 1. The molecule has 0 saturated heterocycles. The summed E-state index contributed by atoms with van der Waals surface area (Å²) in [6, 6.07) is 11.2. The number of nitrogen functional groups attached to an aromatic ring is 1. The second-order valence-electron chi connectivity index (χ2n) is 4.12. The van der Waals surface area contributed by atoms with Crippen molar-refractivity contribution in [2.45, 2.75) is 13.3 Å². The monoisotopic (exact) mass is 241 g/mol. The Bertz CT molecular complexity index is 549. The van der Waals surface area contributed by atoms with Gasteiger partial charge in [-0.25, -0.2) is 0 Å². The molecule has 1 amide bonds. The molecule has 92 valence electrons. The number of amides is 1. The number of benzene rings is 1. The van der Waals surface area contributed by atoms with Crippen LogP contribution in [0.2, 0.25) is 0 Å². The second kappa shape index (κ2) is 5.31. The molecule has 0 atom stereocenters. The fraction of sp³-hybridized carbons (Fsp3) is 0.143. The van der Waals surface area contributed by atoms with Crippen LogP contribution in [0.15, 0.2) is 42.6 Å². The van der Waals surface area contributed by atoms with Crippen molar-refractivity contribution in [3.05, 3.63) is 53.9 Å². The SMILES string of the molecule is Cc1ccccc1NC(=O)Cc1ccc(N)cn1. The number of nitrogens with one attached hydrogen (secondary N) is 1. The van der Waals surface area contributed by atoms with Gasteiger partial charge in [0.2, 0.25) is 5.91 Å². The Hall–Kier alpha value is -2.36. The summed E-state index contributed by atoms with van der Waals surface area (Å²) in [5.74, 6) is -0.0819. The molecule has 1 aromatic carbocycles. The topological polar surface area (TPSA) is 68.0 Å². The fourth-order valence-electron chi connectivity index (χ4n) is 1.61. The number of para-hydroxylation sites is 1. The number of carbonyl (C=O) groups is 1. The van der Waals surface area contributed by atoms with Gasteiger partial charge in [-0.05, 0) is 30.7 Å². The number of anilines is 2. The molecule has 0 aliphatic carbocycles. The first-order chi connectivity index (χ1) is 8.65. The lowest BCUT2D eigenvalue weighted by atomic mass is 10.2. The van der Waals surface area contributed by atoms with Gasteiger partial charge in [0.25, 0.3) is 0 Å². The number of nitrogens with zero attached hydrogens (tertiary/aromatic N) is 1. The van der Waals surface area contributed by atoms with Crippen molar-refractivity contribution in [2.75, 3.05) is 11.1 Å². The summed E-state index contributed by atoms with van der Waals surface area (Å²) in [7, 11) is 0. The largest absolute Gasteiger partial charge is 0.397 e. The zero-order valence-corrected chi connectivity index (χ0v) is 10.2. The Morgan fingerprint density at radius 3 is 2.72 bits per heavy atom. The molecule has 0 aliphatic rings. The summed E-state index contributed by atoms with van der Waals surface area (Å²) in [4.78, 5) is 15.9. The first-order valence-electron chi connectivity index (χ1n) is 5.71. The van der Waals surface area contributed by atoms with Gasteiger partial charge < -0.3 is 11.1 Å². The lowest BCUT2D eigenvalue weighted by Gasteiger charge is -2.07. The van der Waals surface area contributed by atoms with E-state index >= 15 is 0 Å². The van der Waals surface area contributed by atoms with Crippen molar-refractivity contribution in [3.63, 3.8) is 0 Å². The second-order valence-corrected chi connectivity index (χ2v) is 4.12. The van der Waals surface area contributed by atoms with Crippen LogP contribution in [-0.4, -0.2) is 10.9 Å². The zero-order valence-electron chi connectivity index (χ0n) is 10.2. The summed E-state index contributed by atoms with van der Waals surface area (Å²) in [6.45, 7) is 1.96. The van der Waals surface area contributed by atoms with E-state index in [1.54, 1.807) is 18.3 Å². The number of aryl methyl sites for hydroxylation is 1. The molecule has 4 nitrogen and oxygen atoms in total. The van der Waals surface area contributed by atoms with Crippen LogP contribution in [0.4, 0.5) is 11.4 Å². The molecule has 4 heteroatoms. The highest BCUT2D eigenvalue weighted by atomic mass is 16.1. The summed E-state index contributed by atoms with van der Waals surface area (Å²) in [6.07, 6.45) is 1.80. The Labute approximate surface area is 106 Å². The lowest BCUT2D eigenvalue weighted by molar-refractivity contribution is -0.115. The number of carbonyl (C=O) groups excluding carboxylic acids is 1. The van der Waals surface area contributed by atoms with E-state index < -0.39 is 0 Å². The number of hydrogen-bond acceptors (Lipinski definition) is 3. The highest BCUT2D eigenvalue weighted by Crippen LogP contribution is 2.13. The van der Waals surface area contributed by atoms with Gasteiger partial charge in [0, 0.05) is 11.4 Å². The van der Waals surface area contributed by atoms with E-state index in [0.717, 1.165) is 11.3 Å². The lowest BCUT2D eigenvalue weighted by Crippen LogP contribution is -2.15. The Morgan fingerprint density at radius 2 is 2.06 bits per heavy atom. The Morgan fingerprint density at radius 1 is 1.28 bits per heavy atom. The molecule has 0 spiro atoms. The molecule has 0 saturated carbocycles. The third-order valence-electron chi connectivity index (χ3n) is 2.61. The predicted molar refractivity (Wildman–Crippen MR) is 72.2 cm³/mol. The molecule has 1 aromatic heterocycles. The van der Waals surface area contributed by atoms with E-state index in [1.807, 2.05) is 31.2 Å². The van der Waals surface area contributed by atoms with Gasteiger partial charge in [-0.1, -0.05) is 18.2 Å². The minimum atomic E-state index is -0.0819. The third-order valence-corrected chi connectivity index (χ3v) is 2.61. The predicted octanol–water partition coefficient (Wildman–Crippen LogP) is 2.15. The Kier molecular flexibility index (Phi) is 3.57. The maximum atomic E-state index is 11.8.